The van der Waals surface area contributed by atoms with E-state index in [1.165, 1.54) is 38.5 Å². The van der Waals surface area contributed by atoms with Crippen molar-refractivity contribution in [1.29, 1.82) is 0 Å². The molecule has 0 spiro atoms. The van der Waals surface area contributed by atoms with Crippen LogP contribution in [0.4, 0.5) is 0 Å². The molecule has 6 heteroatoms. The van der Waals surface area contributed by atoms with Crippen LogP contribution in [0.3, 0.4) is 0 Å². The third-order valence-corrected chi connectivity index (χ3v) is 10.5. The molecule has 0 fully saturated rings. The van der Waals surface area contributed by atoms with E-state index in [0.29, 0.717) is 19.3 Å². The molecule has 384 valence electrons. The van der Waals surface area contributed by atoms with Crippen molar-refractivity contribution in [3.8, 4) is 0 Å². The van der Waals surface area contributed by atoms with Crippen LogP contribution in [0.1, 0.15) is 201 Å². The van der Waals surface area contributed by atoms with Gasteiger partial charge in [0.15, 0.2) is 6.10 Å². The van der Waals surface area contributed by atoms with Crippen LogP contribution >= 0.6 is 0 Å². The minimum absolute atomic E-state index is 0.143. The lowest BCUT2D eigenvalue weighted by Crippen LogP contribution is -2.30. The van der Waals surface area contributed by atoms with Gasteiger partial charge in [0.2, 0.25) is 0 Å². The van der Waals surface area contributed by atoms with E-state index >= 15 is 0 Å². The molecule has 0 aliphatic heterocycles. The summed E-state index contributed by atoms with van der Waals surface area (Å²) in [7, 11) is 0. The molecular formula is C63H96O6. The minimum Gasteiger partial charge on any atom is -0.462 e. The molecule has 0 aromatic carbocycles. The minimum atomic E-state index is -0.860. The lowest BCUT2D eigenvalue weighted by atomic mass is 10.1. The highest BCUT2D eigenvalue weighted by atomic mass is 16.6. The first-order valence-electron chi connectivity index (χ1n) is 27.0. The largest absolute Gasteiger partial charge is 0.462 e. The van der Waals surface area contributed by atoms with Crippen molar-refractivity contribution in [2.45, 2.75) is 207 Å². The summed E-state index contributed by atoms with van der Waals surface area (Å²) >= 11 is 0. The van der Waals surface area contributed by atoms with Crippen molar-refractivity contribution in [1.82, 2.24) is 0 Å². The van der Waals surface area contributed by atoms with Crippen LogP contribution in [-0.4, -0.2) is 37.2 Å². The number of carbonyl (C=O) groups is 3. The zero-order valence-corrected chi connectivity index (χ0v) is 43.8. The molecule has 0 unspecified atom stereocenters. The second-order valence-electron chi connectivity index (χ2n) is 17.0. The Kier molecular flexibility index (Phi) is 51.6. The Balaban J connectivity index is 4.66. The van der Waals surface area contributed by atoms with E-state index in [0.717, 1.165) is 109 Å². The zero-order chi connectivity index (χ0) is 50.0. The molecule has 0 radical (unpaired) electrons. The van der Waals surface area contributed by atoms with Crippen LogP contribution in [0.15, 0.2) is 158 Å². The fourth-order valence-electron chi connectivity index (χ4n) is 6.55. The first-order chi connectivity index (χ1) is 34.0. The Morgan fingerprint density at radius 1 is 0.304 bits per heavy atom. The molecule has 0 saturated carbocycles. The van der Waals surface area contributed by atoms with E-state index in [1.54, 1.807) is 0 Å². The second kappa shape index (κ2) is 55.6. The van der Waals surface area contributed by atoms with Gasteiger partial charge >= 0.3 is 17.9 Å². The Bertz CT molecular complexity index is 1610. The van der Waals surface area contributed by atoms with Crippen molar-refractivity contribution >= 4 is 17.9 Å². The van der Waals surface area contributed by atoms with Crippen molar-refractivity contribution in [3.05, 3.63) is 158 Å². The lowest BCUT2D eigenvalue weighted by molar-refractivity contribution is -0.166. The van der Waals surface area contributed by atoms with E-state index < -0.39 is 12.1 Å². The second-order valence-corrected chi connectivity index (χ2v) is 17.0. The van der Waals surface area contributed by atoms with E-state index in [4.69, 9.17) is 14.2 Å². The Labute approximate surface area is 422 Å². The smallest absolute Gasteiger partial charge is 0.306 e. The maximum Gasteiger partial charge on any atom is 0.306 e. The van der Waals surface area contributed by atoms with Gasteiger partial charge in [0, 0.05) is 19.3 Å². The molecule has 6 nitrogen and oxygen atoms in total. The molecule has 0 aliphatic carbocycles. The van der Waals surface area contributed by atoms with Crippen molar-refractivity contribution in [2.24, 2.45) is 0 Å². The summed E-state index contributed by atoms with van der Waals surface area (Å²) in [5.74, 6) is -1.14. The fourth-order valence-corrected chi connectivity index (χ4v) is 6.55. The normalized spacial score (nSPS) is 13.4. The number of esters is 3. The summed E-state index contributed by atoms with van der Waals surface area (Å²) in [6.07, 6.45) is 81.1. The average Bonchev–Trinajstić information content (AvgIpc) is 3.35. The van der Waals surface area contributed by atoms with Gasteiger partial charge in [0.25, 0.3) is 0 Å². The van der Waals surface area contributed by atoms with Gasteiger partial charge < -0.3 is 14.2 Å². The molecule has 0 aliphatic rings. The third kappa shape index (κ3) is 53.8. The van der Waals surface area contributed by atoms with Gasteiger partial charge in [-0.25, -0.2) is 0 Å². The number of unbranched alkanes of at least 4 members (excludes halogenated alkanes) is 9. The Hall–Kier alpha value is -4.97. The average molecular weight is 949 g/mol. The van der Waals surface area contributed by atoms with Crippen molar-refractivity contribution in [3.63, 3.8) is 0 Å². The number of ether oxygens (including phenoxy) is 3. The topological polar surface area (TPSA) is 78.9 Å². The summed E-state index contributed by atoms with van der Waals surface area (Å²) in [5, 5.41) is 0. The van der Waals surface area contributed by atoms with Crippen molar-refractivity contribution in [2.75, 3.05) is 13.2 Å². The molecule has 0 aromatic heterocycles. The van der Waals surface area contributed by atoms with Crippen LogP contribution < -0.4 is 0 Å². The highest BCUT2D eigenvalue weighted by Crippen LogP contribution is 2.11. The highest BCUT2D eigenvalue weighted by Gasteiger charge is 2.19. The summed E-state index contributed by atoms with van der Waals surface area (Å²) in [5.41, 5.74) is 0. The van der Waals surface area contributed by atoms with Crippen LogP contribution in [0.25, 0.3) is 0 Å². The lowest BCUT2D eigenvalue weighted by Gasteiger charge is -2.18. The molecular weight excluding hydrogens is 853 g/mol. The SMILES string of the molecule is CC/C=C\C/C=C\C/C=C\C/C=C\C/C=C\C/C=C\CCC(=O)OC[C@H](COC(=O)CCCCCCC/C=C\CCCCCC)OC(=O)CC/C=C\C/C=C\C/C=C\C/C=C\C/C=C\C/C=C\CC. The molecule has 0 heterocycles. The Morgan fingerprint density at radius 2 is 0.594 bits per heavy atom. The number of rotatable bonds is 46. The van der Waals surface area contributed by atoms with E-state index in [-0.39, 0.29) is 38.0 Å². The third-order valence-electron chi connectivity index (χ3n) is 10.5. The molecule has 69 heavy (non-hydrogen) atoms. The van der Waals surface area contributed by atoms with Gasteiger partial charge in [-0.2, -0.15) is 0 Å². The van der Waals surface area contributed by atoms with Gasteiger partial charge in [-0.1, -0.05) is 217 Å². The summed E-state index contributed by atoms with van der Waals surface area (Å²) in [4.78, 5) is 38.0. The van der Waals surface area contributed by atoms with Crippen LogP contribution in [-0.2, 0) is 28.6 Å². The van der Waals surface area contributed by atoms with Crippen LogP contribution in [0.5, 0.6) is 0 Å². The van der Waals surface area contributed by atoms with E-state index in [1.807, 2.05) is 24.3 Å². The number of allylic oxidation sites excluding steroid dienone is 26. The number of carbonyl (C=O) groups excluding carboxylic acids is 3. The fraction of sp³-hybridized carbons (Fsp3) is 0.540. The van der Waals surface area contributed by atoms with Gasteiger partial charge in [-0.05, 0) is 122 Å². The summed E-state index contributed by atoms with van der Waals surface area (Å²) in [6.45, 7) is 6.23. The predicted molar refractivity (Wildman–Crippen MR) is 297 cm³/mol. The maximum atomic E-state index is 12.8. The molecule has 0 rings (SSSR count). The summed E-state index contributed by atoms with van der Waals surface area (Å²) in [6, 6.07) is 0. The number of hydrogen-bond donors (Lipinski definition) is 0. The van der Waals surface area contributed by atoms with Gasteiger partial charge in [0.1, 0.15) is 13.2 Å². The monoisotopic (exact) mass is 949 g/mol. The molecule has 0 bridgehead atoms. The van der Waals surface area contributed by atoms with Crippen LogP contribution in [0, 0.1) is 0 Å². The molecule has 0 amide bonds. The maximum absolute atomic E-state index is 12.8. The number of hydrogen-bond acceptors (Lipinski definition) is 6. The molecule has 0 aromatic rings. The van der Waals surface area contributed by atoms with Gasteiger partial charge in [-0.15, -0.1) is 0 Å². The van der Waals surface area contributed by atoms with E-state index in [2.05, 4.69) is 154 Å². The quantitative estimate of drug-likeness (QED) is 0.0262. The summed E-state index contributed by atoms with van der Waals surface area (Å²) < 4.78 is 16.7. The van der Waals surface area contributed by atoms with E-state index in [9.17, 15) is 14.4 Å². The standard InChI is InChI=1S/C63H96O6/c1-4-7-10-13-16-19-22-25-27-29-31-33-35-38-41-44-47-50-53-56-62(65)68-59-60(58-67-61(64)55-52-49-46-43-40-37-24-21-18-15-12-9-6-3)69-63(66)57-54-51-48-45-42-39-36-34-32-30-28-26-23-20-17-14-11-8-5-2/h7-8,10-11,16-17,19-21,24-28,31-34,38-39,41-42,47-48,50-51,60H,4-6,9,12-15,18,22-23,29-30,35-37,40,43-46,49,52-59H2,1-3H3/b10-7-,11-8-,19-16-,20-17-,24-21-,27-25-,28-26-,33-31-,34-32-,41-38-,42-39-,50-47-,51-48-/t60-/m0/s1. The first kappa shape index (κ1) is 64.0. The van der Waals surface area contributed by atoms with Gasteiger partial charge in [-0.3, -0.25) is 14.4 Å². The molecule has 1 atom stereocenters. The zero-order valence-electron chi connectivity index (χ0n) is 43.8. The predicted octanol–water partition coefficient (Wildman–Crippen LogP) is 18.2. The van der Waals surface area contributed by atoms with Crippen molar-refractivity contribution < 1.29 is 28.6 Å². The highest BCUT2D eigenvalue weighted by molar-refractivity contribution is 5.71. The molecule has 0 N–H and O–H groups in total. The van der Waals surface area contributed by atoms with Crippen LogP contribution in [0.2, 0.25) is 0 Å². The van der Waals surface area contributed by atoms with Gasteiger partial charge in [0.05, 0.1) is 0 Å². The first-order valence-corrected chi connectivity index (χ1v) is 27.0. The Morgan fingerprint density at radius 3 is 0.971 bits per heavy atom. The molecule has 0 saturated heterocycles.